The molecule has 1 fully saturated rings. The van der Waals surface area contributed by atoms with E-state index in [4.69, 9.17) is 0 Å². The van der Waals surface area contributed by atoms with E-state index in [1.165, 1.54) is 0 Å². The van der Waals surface area contributed by atoms with Crippen molar-refractivity contribution >= 4 is 5.91 Å². The zero-order valence-corrected chi connectivity index (χ0v) is 11.9. The largest absolute Gasteiger partial charge is 0.394 e. The number of piperazine rings is 1. The molecule has 2 N–H and O–H groups in total. The molecule has 0 bridgehead atoms. The second-order valence-electron chi connectivity index (χ2n) is 6.48. The van der Waals surface area contributed by atoms with Crippen molar-refractivity contribution in [2.45, 2.75) is 64.6 Å². The van der Waals surface area contributed by atoms with Crippen LogP contribution in [0.4, 0.5) is 0 Å². The number of aliphatic hydroxyl groups is 1. The highest BCUT2D eigenvalue weighted by Crippen LogP contribution is 2.32. The van der Waals surface area contributed by atoms with Gasteiger partial charge in [0.15, 0.2) is 0 Å². The Morgan fingerprint density at radius 2 is 1.94 bits per heavy atom. The van der Waals surface area contributed by atoms with Crippen molar-refractivity contribution < 1.29 is 9.90 Å². The highest BCUT2D eigenvalue weighted by Gasteiger charge is 2.50. The summed E-state index contributed by atoms with van der Waals surface area (Å²) in [4.78, 5) is 14.3. The number of nitrogens with zero attached hydrogens (tertiary/aromatic N) is 1. The van der Waals surface area contributed by atoms with Crippen molar-refractivity contribution in [3.05, 3.63) is 0 Å². The van der Waals surface area contributed by atoms with Crippen LogP contribution in [-0.2, 0) is 4.79 Å². The topological polar surface area (TPSA) is 52.6 Å². The molecular formula is C13H26N2O2. The number of amides is 1. The number of hydrogen-bond acceptors (Lipinski definition) is 3. The van der Waals surface area contributed by atoms with E-state index < -0.39 is 11.1 Å². The lowest BCUT2D eigenvalue weighted by Crippen LogP contribution is -2.74. The molecule has 100 valence electrons. The fraction of sp³-hybridized carbons (Fsp3) is 0.923. The Labute approximate surface area is 104 Å². The monoisotopic (exact) mass is 242 g/mol. The van der Waals surface area contributed by atoms with Crippen LogP contribution in [0.3, 0.4) is 0 Å². The van der Waals surface area contributed by atoms with Crippen molar-refractivity contribution in [2.24, 2.45) is 0 Å². The number of aliphatic hydroxyl groups excluding tert-OH is 1. The van der Waals surface area contributed by atoms with Crippen molar-refractivity contribution in [3.8, 4) is 0 Å². The van der Waals surface area contributed by atoms with Gasteiger partial charge in [-0.15, -0.1) is 0 Å². The average Bonchev–Trinajstić information content (AvgIpc) is 2.24. The van der Waals surface area contributed by atoms with E-state index >= 15 is 0 Å². The fourth-order valence-corrected chi connectivity index (χ4v) is 2.39. The molecule has 0 spiro atoms. The third-order valence-corrected chi connectivity index (χ3v) is 4.05. The van der Waals surface area contributed by atoms with Crippen LogP contribution in [0.25, 0.3) is 0 Å². The van der Waals surface area contributed by atoms with E-state index in [1.54, 1.807) is 0 Å². The minimum Gasteiger partial charge on any atom is -0.394 e. The molecule has 1 heterocycles. The predicted octanol–water partition coefficient (Wildman–Crippen LogP) is 1.14. The summed E-state index contributed by atoms with van der Waals surface area (Å²) in [5.74, 6) is 0.0367. The highest BCUT2D eigenvalue weighted by atomic mass is 16.3. The molecule has 0 aromatic carbocycles. The molecule has 1 rings (SSSR count). The molecule has 0 aromatic heterocycles. The van der Waals surface area contributed by atoms with Crippen LogP contribution in [-0.4, -0.2) is 45.7 Å². The lowest BCUT2D eigenvalue weighted by atomic mass is 9.83. The molecule has 1 unspecified atom stereocenters. The standard InChI is InChI=1S/C13H26N2O2/c1-7-13(6)8-15(11(2,3)9-16)12(4,5)10(17)14-13/h16H,7-9H2,1-6H3,(H,14,17). The second kappa shape index (κ2) is 4.25. The summed E-state index contributed by atoms with van der Waals surface area (Å²) in [5, 5.41) is 12.6. The molecule has 0 saturated carbocycles. The van der Waals surface area contributed by atoms with Gasteiger partial charge in [0.05, 0.1) is 12.1 Å². The Morgan fingerprint density at radius 1 is 1.41 bits per heavy atom. The van der Waals surface area contributed by atoms with Gasteiger partial charge in [-0.3, -0.25) is 9.69 Å². The van der Waals surface area contributed by atoms with E-state index in [2.05, 4.69) is 24.1 Å². The van der Waals surface area contributed by atoms with Crippen LogP contribution in [0.5, 0.6) is 0 Å². The van der Waals surface area contributed by atoms with Crippen LogP contribution >= 0.6 is 0 Å². The van der Waals surface area contributed by atoms with Crippen molar-refractivity contribution in [2.75, 3.05) is 13.2 Å². The number of carbonyl (C=O) groups excluding carboxylic acids is 1. The van der Waals surface area contributed by atoms with Crippen LogP contribution in [0.2, 0.25) is 0 Å². The summed E-state index contributed by atoms with van der Waals surface area (Å²) >= 11 is 0. The molecule has 1 aliphatic rings. The Hall–Kier alpha value is -0.610. The Balaban J connectivity index is 3.11. The van der Waals surface area contributed by atoms with Gasteiger partial charge in [0, 0.05) is 17.6 Å². The van der Waals surface area contributed by atoms with E-state index in [0.29, 0.717) is 0 Å². The maximum Gasteiger partial charge on any atom is 0.240 e. The van der Waals surface area contributed by atoms with Crippen LogP contribution in [0, 0.1) is 0 Å². The van der Waals surface area contributed by atoms with Gasteiger partial charge in [-0.25, -0.2) is 0 Å². The van der Waals surface area contributed by atoms with E-state index in [-0.39, 0.29) is 18.1 Å². The highest BCUT2D eigenvalue weighted by molar-refractivity contribution is 5.87. The summed E-state index contributed by atoms with van der Waals surface area (Å²) in [7, 11) is 0. The first-order chi connectivity index (χ1) is 7.59. The molecule has 0 aliphatic carbocycles. The summed E-state index contributed by atoms with van der Waals surface area (Å²) in [6.07, 6.45) is 0.882. The van der Waals surface area contributed by atoms with Gasteiger partial charge in [0.2, 0.25) is 5.91 Å². The molecular weight excluding hydrogens is 216 g/mol. The molecule has 0 aromatic rings. The van der Waals surface area contributed by atoms with Gasteiger partial charge < -0.3 is 10.4 Å². The molecule has 1 amide bonds. The number of nitrogens with one attached hydrogen (secondary N) is 1. The minimum absolute atomic E-state index is 0.0367. The molecule has 17 heavy (non-hydrogen) atoms. The predicted molar refractivity (Wildman–Crippen MR) is 68.8 cm³/mol. The summed E-state index contributed by atoms with van der Waals surface area (Å²) in [6, 6.07) is 0. The van der Waals surface area contributed by atoms with Gasteiger partial charge in [-0.05, 0) is 41.0 Å². The second-order valence-corrected chi connectivity index (χ2v) is 6.48. The first kappa shape index (κ1) is 14.5. The lowest BCUT2D eigenvalue weighted by molar-refractivity contribution is -0.149. The van der Waals surface area contributed by atoms with Gasteiger partial charge in [-0.2, -0.15) is 0 Å². The van der Waals surface area contributed by atoms with Crippen LogP contribution in [0.15, 0.2) is 0 Å². The third-order valence-electron chi connectivity index (χ3n) is 4.05. The molecule has 0 radical (unpaired) electrons. The normalized spacial score (nSPS) is 30.2. The third kappa shape index (κ3) is 2.47. The lowest BCUT2D eigenvalue weighted by Gasteiger charge is -2.55. The molecule has 1 aliphatic heterocycles. The van der Waals surface area contributed by atoms with E-state index in [0.717, 1.165) is 13.0 Å². The van der Waals surface area contributed by atoms with Crippen LogP contribution < -0.4 is 5.32 Å². The Bertz CT molecular complexity index is 313. The van der Waals surface area contributed by atoms with Gasteiger partial charge >= 0.3 is 0 Å². The van der Waals surface area contributed by atoms with Crippen molar-refractivity contribution in [3.63, 3.8) is 0 Å². The van der Waals surface area contributed by atoms with Crippen molar-refractivity contribution in [1.29, 1.82) is 0 Å². The molecule has 4 nitrogen and oxygen atoms in total. The van der Waals surface area contributed by atoms with Gasteiger partial charge in [-0.1, -0.05) is 6.92 Å². The van der Waals surface area contributed by atoms with E-state index in [1.807, 2.05) is 27.7 Å². The molecule has 1 saturated heterocycles. The van der Waals surface area contributed by atoms with Crippen molar-refractivity contribution in [1.82, 2.24) is 10.2 Å². The first-order valence-corrected chi connectivity index (χ1v) is 6.30. The van der Waals surface area contributed by atoms with Gasteiger partial charge in [0.1, 0.15) is 0 Å². The SMILES string of the molecule is CCC1(C)CN(C(C)(C)CO)C(C)(C)C(=O)N1. The number of rotatable bonds is 3. The van der Waals surface area contributed by atoms with Gasteiger partial charge in [0.25, 0.3) is 0 Å². The minimum atomic E-state index is -0.582. The zero-order chi connectivity index (χ0) is 13.5. The summed E-state index contributed by atoms with van der Waals surface area (Å²) < 4.78 is 0. The number of hydrogen-bond donors (Lipinski definition) is 2. The zero-order valence-electron chi connectivity index (χ0n) is 11.9. The first-order valence-electron chi connectivity index (χ1n) is 6.30. The molecule has 4 heteroatoms. The number of carbonyl (C=O) groups is 1. The summed E-state index contributed by atoms with van der Waals surface area (Å²) in [5.41, 5.74) is -1.18. The quantitative estimate of drug-likeness (QED) is 0.780. The maximum atomic E-state index is 12.2. The average molecular weight is 242 g/mol. The van der Waals surface area contributed by atoms with Crippen LogP contribution in [0.1, 0.15) is 48.0 Å². The smallest absolute Gasteiger partial charge is 0.240 e. The fourth-order valence-electron chi connectivity index (χ4n) is 2.39. The molecule has 1 atom stereocenters. The Kier molecular flexibility index (Phi) is 3.61. The maximum absolute atomic E-state index is 12.2. The van der Waals surface area contributed by atoms with E-state index in [9.17, 15) is 9.90 Å². The summed E-state index contributed by atoms with van der Waals surface area (Å²) in [6.45, 7) is 12.7. The Morgan fingerprint density at radius 3 is 2.35 bits per heavy atom.